The number of rotatable bonds is 3. The Morgan fingerprint density at radius 2 is 1.73 bits per heavy atom. The monoisotopic (exact) mass is 589 g/mol. The molecule has 3 aromatic rings. The van der Waals surface area contributed by atoms with Crippen molar-refractivity contribution in [3.8, 4) is 5.69 Å². The standard InChI is InChI=1S/C28H33BrClN3O4/c1-16(2)19-9-7-8-17(3)24(19)33-22-14-20(29)21(30)15-23(22)32(25(34)26(33)35)18-10-12-31(13-11-18)27(36)37-28(4,5)6/h7-9,14-16,18H,10-13H2,1-6H3. The van der Waals surface area contributed by atoms with Crippen molar-refractivity contribution in [1.29, 1.82) is 0 Å². The quantitative estimate of drug-likeness (QED) is 0.323. The van der Waals surface area contributed by atoms with E-state index >= 15 is 0 Å². The van der Waals surface area contributed by atoms with Gasteiger partial charge in [0.05, 0.1) is 21.7 Å². The number of para-hydroxylation sites is 1. The van der Waals surface area contributed by atoms with Crippen LogP contribution in [0.3, 0.4) is 0 Å². The molecule has 0 aliphatic carbocycles. The number of piperidine rings is 1. The third-order valence-corrected chi connectivity index (χ3v) is 7.92. The van der Waals surface area contributed by atoms with Crippen molar-refractivity contribution in [3.63, 3.8) is 0 Å². The number of carbonyl (C=O) groups excluding carboxylic acids is 1. The average Bonchev–Trinajstić information content (AvgIpc) is 2.81. The van der Waals surface area contributed by atoms with Crippen molar-refractivity contribution < 1.29 is 9.53 Å². The molecule has 1 aromatic heterocycles. The van der Waals surface area contributed by atoms with E-state index in [2.05, 4.69) is 29.8 Å². The van der Waals surface area contributed by atoms with E-state index in [0.717, 1.165) is 16.8 Å². The van der Waals surface area contributed by atoms with Gasteiger partial charge in [0, 0.05) is 23.6 Å². The predicted octanol–water partition coefficient (Wildman–Crippen LogP) is 6.57. The fourth-order valence-corrected chi connectivity index (χ4v) is 5.48. The number of ether oxygens (including phenoxy) is 1. The highest BCUT2D eigenvalue weighted by Crippen LogP contribution is 2.34. The second-order valence-corrected chi connectivity index (χ2v) is 12.2. The number of carbonyl (C=O) groups is 1. The molecule has 37 heavy (non-hydrogen) atoms. The number of likely N-dealkylation sites (tertiary alicyclic amines) is 1. The first-order valence-corrected chi connectivity index (χ1v) is 13.7. The topological polar surface area (TPSA) is 73.5 Å². The molecule has 0 bridgehead atoms. The molecule has 0 unspecified atom stereocenters. The van der Waals surface area contributed by atoms with Crippen molar-refractivity contribution in [1.82, 2.24) is 14.0 Å². The van der Waals surface area contributed by atoms with Crippen molar-refractivity contribution in [2.75, 3.05) is 13.1 Å². The molecule has 1 saturated heterocycles. The van der Waals surface area contributed by atoms with Gasteiger partial charge in [-0.1, -0.05) is 43.6 Å². The lowest BCUT2D eigenvalue weighted by Gasteiger charge is -2.34. The van der Waals surface area contributed by atoms with Crippen LogP contribution in [0.1, 0.15) is 70.5 Å². The van der Waals surface area contributed by atoms with E-state index in [0.29, 0.717) is 46.5 Å². The Morgan fingerprint density at radius 1 is 1.08 bits per heavy atom. The molecule has 9 heteroatoms. The molecule has 4 rings (SSSR count). The zero-order valence-corrected chi connectivity index (χ0v) is 24.4. The lowest BCUT2D eigenvalue weighted by molar-refractivity contribution is 0.0188. The molecule has 1 amide bonds. The maximum absolute atomic E-state index is 13.8. The molecular weight excluding hydrogens is 558 g/mol. The molecule has 2 heterocycles. The maximum Gasteiger partial charge on any atom is 0.410 e. The van der Waals surface area contributed by atoms with E-state index in [1.807, 2.05) is 45.9 Å². The van der Waals surface area contributed by atoms with Gasteiger partial charge in [0.25, 0.3) is 0 Å². The number of hydrogen-bond donors (Lipinski definition) is 0. The summed E-state index contributed by atoms with van der Waals surface area (Å²) in [5.74, 6) is 0.146. The van der Waals surface area contributed by atoms with E-state index in [-0.39, 0.29) is 18.1 Å². The first-order chi connectivity index (χ1) is 17.3. The SMILES string of the molecule is Cc1cccc(C(C)C)c1-n1c(=O)c(=O)n(C2CCN(C(=O)OC(C)(C)C)CC2)c2cc(Cl)c(Br)cc21. The van der Waals surface area contributed by atoms with E-state index in [1.165, 1.54) is 4.57 Å². The fraction of sp³-hybridized carbons (Fsp3) is 0.464. The number of aromatic nitrogens is 2. The summed E-state index contributed by atoms with van der Waals surface area (Å²) >= 11 is 10.0. The predicted molar refractivity (Wildman–Crippen MR) is 151 cm³/mol. The van der Waals surface area contributed by atoms with Crippen LogP contribution in [0.15, 0.2) is 44.4 Å². The second-order valence-electron chi connectivity index (χ2n) is 10.9. The summed E-state index contributed by atoms with van der Waals surface area (Å²) < 4.78 is 9.26. The lowest BCUT2D eigenvalue weighted by atomic mass is 9.97. The molecule has 1 fully saturated rings. The highest BCUT2D eigenvalue weighted by molar-refractivity contribution is 9.10. The molecular formula is C28H33BrClN3O4. The van der Waals surface area contributed by atoms with Crippen molar-refractivity contribution >= 4 is 44.7 Å². The molecule has 7 nitrogen and oxygen atoms in total. The van der Waals surface area contributed by atoms with Gasteiger partial charge in [-0.25, -0.2) is 4.79 Å². The number of nitrogens with zero attached hydrogens (tertiary/aromatic N) is 3. The number of benzene rings is 2. The molecule has 0 atom stereocenters. The minimum Gasteiger partial charge on any atom is -0.444 e. The summed E-state index contributed by atoms with van der Waals surface area (Å²) in [7, 11) is 0. The first kappa shape index (κ1) is 27.5. The van der Waals surface area contributed by atoms with Crippen LogP contribution in [-0.2, 0) is 4.74 Å². The minimum absolute atomic E-state index is 0.146. The summed E-state index contributed by atoms with van der Waals surface area (Å²) in [6, 6.07) is 9.20. The number of aryl methyl sites for hydroxylation is 1. The molecule has 1 aliphatic rings. The van der Waals surface area contributed by atoms with Gasteiger partial charge in [-0.3, -0.25) is 18.7 Å². The van der Waals surface area contributed by atoms with Crippen LogP contribution < -0.4 is 11.1 Å². The van der Waals surface area contributed by atoms with Gasteiger partial charge >= 0.3 is 17.2 Å². The number of halogens is 2. The van der Waals surface area contributed by atoms with Crippen LogP contribution >= 0.6 is 27.5 Å². The Balaban J connectivity index is 1.87. The highest BCUT2D eigenvalue weighted by Gasteiger charge is 2.30. The van der Waals surface area contributed by atoms with Crippen LogP contribution in [0.5, 0.6) is 0 Å². The van der Waals surface area contributed by atoms with E-state index in [1.54, 1.807) is 21.6 Å². The van der Waals surface area contributed by atoms with Crippen molar-refractivity contribution in [3.05, 3.63) is 71.7 Å². The Labute approximate surface area is 230 Å². The third-order valence-electron chi connectivity index (χ3n) is 6.72. The molecule has 0 N–H and O–H groups in total. The largest absolute Gasteiger partial charge is 0.444 e. The van der Waals surface area contributed by atoms with E-state index < -0.39 is 16.7 Å². The van der Waals surface area contributed by atoms with Gasteiger partial charge in [-0.15, -0.1) is 0 Å². The van der Waals surface area contributed by atoms with Crippen molar-refractivity contribution in [2.24, 2.45) is 0 Å². The molecule has 0 saturated carbocycles. The van der Waals surface area contributed by atoms with Crippen LogP contribution in [0, 0.1) is 6.92 Å². The van der Waals surface area contributed by atoms with Gasteiger partial charge in [0.15, 0.2) is 0 Å². The Bertz CT molecular complexity index is 1480. The average molecular weight is 591 g/mol. The molecule has 0 radical (unpaired) electrons. The zero-order chi connectivity index (χ0) is 27.2. The molecule has 198 valence electrons. The van der Waals surface area contributed by atoms with E-state index in [4.69, 9.17) is 16.3 Å². The van der Waals surface area contributed by atoms with Crippen LogP contribution in [0.4, 0.5) is 4.79 Å². The summed E-state index contributed by atoms with van der Waals surface area (Å²) in [5, 5.41) is 0.450. The number of amides is 1. The number of hydrogen-bond acceptors (Lipinski definition) is 4. The minimum atomic E-state index is -0.604. The van der Waals surface area contributed by atoms with E-state index in [9.17, 15) is 14.4 Å². The maximum atomic E-state index is 13.8. The Kier molecular flexibility index (Phi) is 7.64. The highest BCUT2D eigenvalue weighted by atomic mass is 79.9. The van der Waals surface area contributed by atoms with Crippen LogP contribution in [0.25, 0.3) is 16.7 Å². The van der Waals surface area contributed by atoms with Crippen molar-refractivity contribution in [2.45, 2.75) is 71.9 Å². The molecule has 0 spiro atoms. The molecule has 2 aromatic carbocycles. The molecule has 1 aliphatic heterocycles. The Morgan fingerprint density at radius 3 is 2.32 bits per heavy atom. The van der Waals surface area contributed by atoms with Crippen LogP contribution in [-0.4, -0.2) is 38.8 Å². The van der Waals surface area contributed by atoms with Gasteiger partial charge in [0.1, 0.15) is 5.60 Å². The third kappa shape index (κ3) is 5.36. The van der Waals surface area contributed by atoms with Crippen LogP contribution in [0.2, 0.25) is 5.02 Å². The van der Waals surface area contributed by atoms with Gasteiger partial charge in [-0.05, 0) is 85.6 Å². The second kappa shape index (κ2) is 10.3. The Hall–Kier alpha value is -2.58. The normalized spacial score (nSPS) is 15.0. The summed E-state index contributed by atoms with van der Waals surface area (Å²) in [6.45, 7) is 12.4. The smallest absolute Gasteiger partial charge is 0.410 e. The van der Waals surface area contributed by atoms with Gasteiger partial charge < -0.3 is 9.64 Å². The summed E-state index contributed by atoms with van der Waals surface area (Å²) in [4.78, 5) is 41.7. The zero-order valence-electron chi connectivity index (χ0n) is 22.1. The summed E-state index contributed by atoms with van der Waals surface area (Å²) in [5.41, 5.74) is 2.02. The number of fused-ring (bicyclic) bond motifs is 1. The van der Waals surface area contributed by atoms with Gasteiger partial charge in [0.2, 0.25) is 0 Å². The lowest BCUT2D eigenvalue weighted by Crippen LogP contribution is -2.47. The summed E-state index contributed by atoms with van der Waals surface area (Å²) in [6.07, 6.45) is 0.673. The van der Waals surface area contributed by atoms with Gasteiger partial charge in [-0.2, -0.15) is 0 Å². The first-order valence-electron chi connectivity index (χ1n) is 12.5. The fourth-order valence-electron chi connectivity index (χ4n) is 4.99.